The molecular formula is C73H120O6. The van der Waals surface area contributed by atoms with Gasteiger partial charge in [-0.25, -0.2) is 0 Å². The second-order valence-corrected chi connectivity index (χ2v) is 21.3. The minimum absolute atomic E-state index is 0.0987. The average molecular weight is 1090 g/mol. The fourth-order valence-electron chi connectivity index (χ4n) is 8.83. The maximum Gasteiger partial charge on any atom is 0.306 e. The van der Waals surface area contributed by atoms with E-state index in [-0.39, 0.29) is 37.5 Å². The number of hydrogen-bond acceptors (Lipinski definition) is 6. The Morgan fingerprint density at radius 3 is 0.797 bits per heavy atom. The number of carbonyl (C=O) groups excluding carboxylic acids is 3. The Morgan fingerprint density at radius 2 is 0.494 bits per heavy atom. The van der Waals surface area contributed by atoms with Gasteiger partial charge in [-0.3, -0.25) is 14.4 Å². The molecular weight excluding hydrogens is 973 g/mol. The summed E-state index contributed by atoms with van der Waals surface area (Å²) in [7, 11) is 0. The van der Waals surface area contributed by atoms with Gasteiger partial charge in [-0.2, -0.15) is 0 Å². The highest BCUT2D eigenvalue weighted by Gasteiger charge is 2.19. The number of ether oxygens (including phenoxy) is 3. The van der Waals surface area contributed by atoms with E-state index in [0.29, 0.717) is 19.3 Å². The van der Waals surface area contributed by atoms with Crippen molar-refractivity contribution in [3.63, 3.8) is 0 Å². The fourth-order valence-corrected chi connectivity index (χ4v) is 8.83. The molecule has 0 fully saturated rings. The van der Waals surface area contributed by atoms with Crippen molar-refractivity contribution in [3.8, 4) is 0 Å². The summed E-state index contributed by atoms with van der Waals surface area (Å²) in [6.45, 7) is 6.39. The number of hydrogen-bond donors (Lipinski definition) is 0. The van der Waals surface area contributed by atoms with Gasteiger partial charge in [0.1, 0.15) is 13.2 Å². The summed E-state index contributed by atoms with van der Waals surface area (Å²) in [5.41, 5.74) is 0. The summed E-state index contributed by atoms with van der Waals surface area (Å²) in [4.78, 5) is 38.4. The molecule has 0 aliphatic rings. The Bertz CT molecular complexity index is 1680. The molecule has 0 aromatic carbocycles. The highest BCUT2D eigenvalue weighted by Crippen LogP contribution is 2.16. The van der Waals surface area contributed by atoms with Crippen LogP contribution in [0.25, 0.3) is 0 Å². The smallest absolute Gasteiger partial charge is 0.306 e. The van der Waals surface area contributed by atoms with Gasteiger partial charge in [-0.1, -0.05) is 289 Å². The Labute approximate surface area is 487 Å². The van der Waals surface area contributed by atoms with Gasteiger partial charge in [0.05, 0.1) is 0 Å². The van der Waals surface area contributed by atoms with E-state index in [9.17, 15) is 14.4 Å². The molecule has 6 nitrogen and oxygen atoms in total. The van der Waals surface area contributed by atoms with Crippen LogP contribution in [0.4, 0.5) is 0 Å². The molecule has 448 valence electrons. The van der Waals surface area contributed by atoms with Crippen LogP contribution in [0.2, 0.25) is 0 Å². The third kappa shape index (κ3) is 64.3. The SMILES string of the molecule is CC/C=C\C/C=C\C/C=C\C/C=C\C/C=C\C/C=C\CCCCC(=O)OC(COC(=O)CCCCCCCCCCC/C=C\C/C=C\C/C=C\C/C=C\C/C=C\CC)COC(=O)CCCCCCCCCCCCCCCCC. The molecule has 0 N–H and O–H groups in total. The van der Waals surface area contributed by atoms with Crippen molar-refractivity contribution in [1.82, 2.24) is 0 Å². The average Bonchev–Trinajstić information content (AvgIpc) is 3.45. The third-order valence-electron chi connectivity index (χ3n) is 13.7. The Kier molecular flexibility index (Phi) is 62.3. The topological polar surface area (TPSA) is 78.9 Å². The first-order valence-corrected chi connectivity index (χ1v) is 32.7. The lowest BCUT2D eigenvalue weighted by molar-refractivity contribution is -0.167. The molecule has 0 saturated heterocycles. The largest absolute Gasteiger partial charge is 0.462 e. The zero-order valence-electron chi connectivity index (χ0n) is 51.3. The normalized spacial score (nSPS) is 13.0. The van der Waals surface area contributed by atoms with E-state index in [4.69, 9.17) is 14.2 Å². The molecule has 0 aromatic rings. The molecule has 0 radical (unpaired) electrons. The maximum absolute atomic E-state index is 12.9. The van der Waals surface area contributed by atoms with Crippen molar-refractivity contribution in [1.29, 1.82) is 0 Å². The van der Waals surface area contributed by atoms with E-state index in [1.165, 1.54) is 116 Å². The molecule has 0 aliphatic carbocycles. The predicted molar refractivity (Wildman–Crippen MR) is 343 cm³/mol. The summed E-state index contributed by atoms with van der Waals surface area (Å²) in [5.74, 6) is -0.943. The summed E-state index contributed by atoms with van der Waals surface area (Å²) in [6.07, 6.45) is 93.1. The monoisotopic (exact) mass is 1090 g/mol. The van der Waals surface area contributed by atoms with Crippen LogP contribution in [0, 0.1) is 0 Å². The number of rotatable bonds is 58. The van der Waals surface area contributed by atoms with Gasteiger partial charge >= 0.3 is 17.9 Å². The van der Waals surface area contributed by atoms with E-state index in [1.54, 1.807) is 0 Å². The van der Waals surface area contributed by atoms with Crippen molar-refractivity contribution in [2.45, 2.75) is 297 Å². The second kappa shape index (κ2) is 66.1. The van der Waals surface area contributed by atoms with Crippen LogP contribution >= 0.6 is 0 Å². The van der Waals surface area contributed by atoms with Crippen molar-refractivity contribution in [2.75, 3.05) is 13.2 Å². The predicted octanol–water partition coefficient (Wildman–Crippen LogP) is 22.5. The molecule has 0 aromatic heterocycles. The lowest BCUT2D eigenvalue weighted by Gasteiger charge is -2.18. The molecule has 1 atom stereocenters. The Hall–Kier alpha value is -4.45. The van der Waals surface area contributed by atoms with Crippen molar-refractivity contribution in [3.05, 3.63) is 134 Å². The van der Waals surface area contributed by atoms with Crippen LogP contribution in [-0.2, 0) is 28.6 Å². The third-order valence-corrected chi connectivity index (χ3v) is 13.7. The minimum atomic E-state index is -0.808. The first kappa shape index (κ1) is 74.5. The fraction of sp³-hybridized carbons (Fsp3) is 0.658. The van der Waals surface area contributed by atoms with Gasteiger partial charge < -0.3 is 14.2 Å². The first-order chi connectivity index (χ1) is 39.0. The molecule has 0 aliphatic heterocycles. The van der Waals surface area contributed by atoms with Gasteiger partial charge in [-0.05, 0) is 116 Å². The van der Waals surface area contributed by atoms with Crippen LogP contribution in [0.3, 0.4) is 0 Å². The number of allylic oxidation sites excluding steroid dienone is 22. The van der Waals surface area contributed by atoms with E-state index < -0.39 is 6.10 Å². The first-order valence-electron chi connectivity index (χ1n) is 32.7. The van der Waals surface area contributed by atoms with E-state index >= 15 is 0 Å². The van der Waals surface area contributed by atoms with Crippen LogP contribution in [0.5, 0.6) is 0 Å². The zero-order valence-corrected chi connectivity index (χ0v) is 51.3. The molecule has 6 heteroatoms. The van der Waals surface area contributed by atoms with E-state index in [0.717, 1.165) is 128 Å². The molecule has 0 amide bonds. The molecule has 0 heterocycles. The van der Waals surface area contributed by atoms with Crippen molar-refractivity contribution >= 4 is 17.9 Å². The number of carbonyl (C=O) groups is 3. The second-order valence-electron chi connectivity index (χ2n) is 21.3. The molecule has 0 spiro atoms. The van der Waals surface area contributed by atoms with Gasteiger partial charge in [0.25, 0.3) is 0 Å². The van der Waals surface area contributed by atoms with Crippen LogP contribution in [-0.4, -0.2) is 37.2 Å². The molecule has 1 unspecified atom stereocenters. The Morgan fingerprint density at radius 1 is 0.266 bits per heavy atom. The van der Waals surface area contributed by atoms with E-state index in [2.05, 4.69) is 154 Å². The molecule has 0 rings (SSSR count). The van der Waals surface area contributed by atoms with Crippen LogP contribution in [0.1, 0.15) is 290 Å². The van der Waals surface area contributed by atoms with Crippen LogP contribution in [0.15, 0.2) is 134 Å². The summed E-state index contributed by atoms with van der Waals surface area (Å²) in [5, 5.41) is 0. The summed E-state index contributed by atoms with van der Waals surface area (Å²) >= 11 is 0. The van der Waals surface area contributed by atoms with Gasteiger partial charge in [0, 0.05) is 19.3 Å². The lowest BCUT2D eigenvalue weighted by atomic mass is 10.0. The summed E-state index contributed by atoms with van der Waals surface area (Å²) < 4.78 is 16.9. The Balaban J connectivity index is 4.45. The van der Waals surface area contributed by atoms with Crippen LogP contribution < -0.4 is 0 Å². The lowest BCUT2D eigenvalue weighted by Crippen LogP contribution is -2.30. The highest BCUT2D eigenvalue weighted by molar-refractivity contribution is 5.71. The van der Waals surface area contributed by atoms with Gasteiger partial charge in [0.2, 0.25) is 0 Å². The standard InChI is InChI=1S/C73H120O6/c1-4-7-10-13-16-19-22-25-28-30-32-34-35-36-37-39-40-42-45-48-51-54-57-60-63-66-72(75)78-69-70(68-77-71(74)65-62-59-56-53-50-47-44-27-24-21-18-15-12-9-6-3)79-73(76)67-64-61-58-55-52-49-46-43-41-38-33-31-29-26-23-20-17-14-11-8-5-2/h7-8,10-11,16-17,19-20,25-26,28-29,32-34,36-38,43,46,52,55,70H,4-6,9,12-15,18,21-24,27,30-31,35,39-42,44-45,47-51,53-54,56-69H2,1-3H3/b10-7-,11-8-,19-16-,20-17-,28-25-,29-26-,34-32-,37-36-,38-33-,46-43-,55-52-. The highest BCUT2D eigenvalue weighted by atomic mass is 16.6. The minimum Gasteiger partial charge on any atom is -0.462 e. The van der Waals surface area contributed by atoms with Crippen molar-refractivity contribution in [2.24, 2.45) is 0 Å². The quantitative estimate of drug-likeness (QED) is 0.0261. The number of unbranched alkanes of at least 4 members (excludes halogenated alkanes) is 25. The molecule has 0 bridgehead atoms. The maximum atomic E-state index is 12.9. The van der Waals surface area contributed by atoms with Gasteiger partial charge in [-0.15, -0.1) is 0 Å². The molecule has 79 heavy (non-hydrogen) atoms. The van der Waals surface area contributed by atoms with E-state index in [1.807, 2.05) is 0 Å². The van der Waals surface area contributed by atoms with Crippen molar-refractivity contribution < 1.29 is 28.6 Å². The number of esters is 3. The zero-order chi connectivity index (χ0) is 57.1. The van der Waals surface area contributed by atoms with Gasteiger partial charge in [0.15, 0.2) is 6.10 Å². The summed E-state index contributed by atoms with van der Waals surface area (Å²) in [6, 6.07) is 0. The molecule has 0 saturated carbocycles.